The van der Waals surface area contributed by atoms with Gasteiger partial charge in [-0.05, 0) is 6.07 Å². The predicted octanol–water partition coefficient (Wildman–Crippen LogP) is 0.423. The first-order chi connectivity index (χ1) is 9.99. The molecule has 9 nitrogen and oxygen atoms in total. The molecule has 3 N–H and O–H groups in total. The number of aromatic nitrogens is 3. The van der Waals surface area contributed by atoms with Gasteiger partial charge in [-0.2, -0.15) is 0 Å². The number of hydrogen-bond donors (Lipinski definition) is 2. The normalized spacial score (nSPS) is 10.4. The Morgan fingerprint density at radius 3 is 2.90 bits per heavy atom. The second kappa shape index (κ2) is 6.05. The number of non-ortho nitro benzene ring substituents is 1. The van der Waals surface area contributed by atoms with Crippen LogP contribution >= 0.6 is 0 Å². The third-order valence-electron chi connectivity index (χ3n) is 2.54. The lowest BCUT2D eigenvalue weighted by Crippen LogP contribution is -2.20. The van der Waals surface area contributed by atoms with Gasteiger partial charge in [0.2, 0.25) is 5.91 Å². The van der Waals surface area contributed by atoms with Crippen LogP contribution in [0.2, 0.25) is 0 Å². The Morgan fingerprint density at radius 2 is 2.29 bits per heavy atom. The summed E-state index contributed by atoms with van der Waals surface area (Å²) in [5.41, 5.74) is 5.27. The zero-order chi connectivity index (χ0) is 15.4. The Morgan fingerprint density at radius 1 is 1.52 bits per heavy atom. The Balaban J connectivity index is 2.08. The summed E-state index contributed by atoms with van der Waals surface area (Å²) in [6.07, 6.45) is 1.48. The summed E-state index contributed by atoms with van der Waals surface area (Å²) in [6.45, 7) is -0.0315. The van der Waals surface area contributed by atoms with Crippen molar-refractivity contribution in [2.75, 3.05) is 5.32 Å². The lowest BCUT2D eigenvalue weighted by atomic mass is 10.2. The number of hydrogen-bond acceptors (Lipinski definition) is 6. The maximum Gasteiger partial charge on any atom is 0.271 e. The smallest absolute Gasteiger partial charge is 0.271 e. The van der Waals surface area contributed by atoms with Crippen molar-refractivity contribution in [2.45, 2.75) is 13.1 Å². The monoisotopic (exact) mass is 294 g/mol. The van der Waals surface area contributed by atoms with Gasteiger partial charge in [0.25, 0.3) is 5.69 Å². The van der Waals surface area contributed by atoms with Gasteiger partial charge in [-0.15, -0.1) is 5.10 Å². The molecule has 0 bridgehead atoms. The van der Waals surface area contributed by atoms with Crippen molar-refractivity contribution in [3.05, 3.63) is 46.0 Å². The molecule has 2 aromatic rings. The molecular formula is C11H11FN6O3. The van der Waals surface area contributed by atoms with Gasteiger partial charge in [0.05, 0.1) is 22.5 Å². The molecule has 0 atom stereocenters. The van der Waals surface area contributed by atoms with Crippen LogP contribution in [0.25, 0.3) is 0 Å². The molecule has 110 valence electrons. The number of carbonyl (C=O) groups is 1. The Kier molecular flexibility index (Phi) is 4.18. The van der Waals surface area contributed by atoms with Crippen LogP contribution in [-0.2, 0) is 17.9 Å². The summed E-state index contributed by atoms with van der Waals surface area (Å²) >= 11 is 0. The lowest BCUT2D eigenvalue weighted by molar-refractivity contribution is -0.384. The van der Waals surface area contributed by atoms with E-state index in [0.717, 1.165) is 18.2 Å². The molecule has 0 unspecified atom stereocenters. The van der Waals surface area contributed by atoms with Gasteiger partial charge < -0.3 is 11.1 Å². The molecule has 1 heterocycles. The van der Waals surface area contributed by atoms with Crippen molar-refractivity contribution in [1.82, 2.24) is 15.0 Å². The molecule has 10 heteroatoms. The fourth-order valence-electron chi connectivity index (χ4n) is 1.57. The molecule has 0 aliphatic rings. The van der Waals surface area contributed by atoms with Gasteiger partial charge in [0, 0.05) is 18.7 Å². The summed E-state index contributed by atoms with van der Waals surface area (Å²) in [6, 6.07) is 2.87. The minimum Gasteiger partial charge on any atom is -0.325 e. The topological polar surface area (TPSA) is 129 Å². The molecule has 21 heavy (non-hydrogen) atoms. The van der Waals surface area contributed by atoms with Gasteiger partial charge in [-0.1, -0.05) is 5.21 Å². The van der Waals surface area contributed by atoms with Crippen LogP contribution in [0.3, 0.4) is 0 Å². The summed E-state index contributed by atoms with van der Waals surface area (Å²) in [5.74, 6) is -1.36. The van der Waals surface area contributed by atoms with E-state index in [0.29, 0.717) is 5.69 Å². The molecule has 0 saturated carbocycles. The second-order valence-electron chi connectivity index (χ2n) is 4.08. The summed E-state index contributed by atoms with van der Waals surface area (Å²) in [5, 5.41) is 20.2. The number of anilines is 1. The molecule has 1 aromatic heterocycles. The Bertz CT molecular complexity index is 686. The zero-order valence-electron chi connectivity index (χ0n) is 10.7. The zero-order valence-corrected chi connectivity index (χ0v) is 10.7. The number of amides is 1. The maximum absolute atomic E-state index is 13.5. The average molecular weight is 294 g/mol. The van der Waals surface area contributed by atoms with Crippen LogP contribution in [0, 0.1) is 15.9 Å². The summed E-state index contributed by atoms with van der Waals surface area (Å²) in [4.78, 5) is 21.7. The fourth-order valence-corrected chi connectivity index (χ4v) is 1.57. The predicted molar refractivity (Wildman–Crippen MR) is 69.6 cm³/mol. The molecular weight excluding hydrogens is 283 g/mol. The number of nitrogens with zero attached hydrogens (tertiary/aromatic N) is 4. The van der Waals surface area contributed by atoms with Crippen LogP contribution in [-0.4, -0.2) is 25.8 Å². The van der Waals surface area contributed by atoms with Crippen molar-refractivity contribution in [1.29, 1.82) is 0 Å². The third-order valence-corrected chi connectivity index (χ3v) is 2.54. The number of carbonyl (C=O) groups excluding carboxylic acids is 1. The van der Waals surface area contributed by atoms with Gasteiger partial charge >= 0.3 is 0 Å². The van der Waals surface area contributed by atoms with E-state index in [2.05, 4.69) is 15.6 Å². The Labute approximate surface area is 117 Å². The molecule has 0 radical (unpaired) electrons. The second-order valence-corrected chi connectivity index (χ2v) is 4.08. The van der Waals surface area contributed by atoms with Crippen LogP contribution in [0.15, 0.2) is 24.4 Å². The molecule has 0 saturated heterocycles. The fraction of sp³-hybridized carbons (Fsp3) is 0.182. The third kappa shape index (κ3) is 3.57. The number of halogens is 1. The highest BCUT2D eigenvalue weighted by atomic mass is 19.1. The highest BCUT2D eigenvalue weighted by Crippen LogP contribution is 2.21. The van der Waals surface area contributed by atoms with Crippen LogP contribution in [0.4, 0.5) is 15.8 Å². The van der Waals surface area contributed by atoms with Gasteiger partial charge in [-0.25, -0.2) is 9.07 Å². The van der Waals surface area contributed by atoms with Gasteiger partial charge in [0.1, 0.15) is 12.4 Å². The molecule has 0 aliphatic carbocycles. The van der Waals surface area contributed by atoms with E-state index in [9.17, 15) is 19.3 Å². The number of nitrogens with two attached hydrogens (primary N) is 1. The summed E-state index contributed by atoms with van der Waals surface area (Å²) < 4.78 is 14.7. The van der Waals surface area contributed by atoms with Crippen LogP contribution in [0.1, 0.15) is 5.69 Å². The van der Waals surface area contributed by atoms with Crippen LogP contribution in [0.5, 0.6) is 0 Å². The highest BCUT2D eigenvalue weighted by molar-refractivity contribution is 5.90. The summed E-state index contributed by atoms with van der Waals surface area (Å²) in [7, 11) is 0. The van der Waals surface area contributed by atoms with E-state index in [1.165, 1.54) is 10.9 Å². The largest absolute Gasteiger partial charge is 0.325 e. The molecule has 0 aliphatic heterocycles. The highest BCUT2D eigenvalue weighted by Gasteiger charge is 2.13. The van der Waals surface area contributed by atoms with Crippen molar-refractivity contribution in [3.8, 4) is 0 Å². The number of nitro groups is 1. The molecule has 1 amide bonds. The SMILES string of the molecule is NCc1cn(CC(=O)Nc2cc([N+](=O)[O-])ccc2F)nn1. The van der Waals surface area contributed by atoms with E-state index in [4.69, 9.17) is 5.73 Å². The van der Waals surface area contributed by atoms with Crippen molar-refractivity contribution in [2.24, 2.45) is 5.73 Å². The van der Waals surface area contributed by atoms with Gasteiger partial charge in [0.15, 0.2) is 0 Å². The molecule has 2 rings (SSSR count). The van der Waals surface area contributed by atoms with E-state index >= 15 is 0 Å². The Hall–Kier alpha value is -2.88. The first-order valence-corrected chi connectivity index (χ1v) is 5.82. The number of nitrogens with one attached hydrogen (secondary N) is 1. The maximum atomic E-state index is 13.5. The first-order valence-electron chi connectivity index (χ1n) is 5.82. The van der Waals surface area contributed by atoms with E-state index in [1.807, 2.05) is 0 Å². The minimum atomic E-state index is -0.768. The molecule has 1 aromatic carbocycles. The van der Waals surface area contributed by atoms with Crippen LogP contribution < -0.4 is 11.1 Å². The van der Waals surface area contributed by atoms with Crippen molar-refractivity contribution in [3.63, 3.8) is 0 Å². The minimum absolute atomic E-state index is 0.182. The van der Waals surface area contributed by atoms with E-state index in [1.54, 1.807) is 0 Å². The van der Waals surface area contributed by atoms with Crippen molar-refractivity contribution >= 4 is 17.3 Å². The first kappa shape index (κ1) is 14.5. The molecule has 0 spiro atoms. The quantitative estimate of drug-likeness (QED) is 0.607. The van der Waals surface area contributed by atoms with Crippen molar-refractivity contribution < 1.29 is 14.1 Å². The molecule has 0 fully saturated rings. The standard InChI is InChI=1S/C11H11FN6O3/c12-9-2-1-8(18(20)21)3-10(9)14-11(19)6-17-5-7(4-13)15-16-17/h1-3,5H,4,6,13H2,(H,14,19). The van der Waals surface area contributed by atoms with Gasteiger partial charge in [-0.3, -0.25) is 14.9 Å². The number of rotatable bonds is 5. The lowest BCUT2D eigenvalue weighted by Gasteiger charge is -2.06. The van der Waals surface area contributed by atoms with E-state index < -0.39 is 16.6 Å². The van der Waals surface area contributed by atoms with E-state index in [-0.39, 0.29) is 24.5 Å². The average Bonchev–Trinajstić information content (AvgIpc) is 2.88. The number of benzene rings is 1. The number of nitro benzene ring substituents is 1.